The summed E-state index contributed by atoms with van der Waals surface area (Å²) >= 11 is 6.41. The van der Waals surface area contributed by atoms with Crippen LogP contribution < -0.4 is 5.32 Å². The van der Waals surface area contributed by atoms with Gasteiger partial charge < -0.3 is 10.4 Å². The first kappa shape index (κ1) is 20.8. The predicted octanol–water partition coefficient (Wildman–Crippen LogP) is 3.79. The number of nitrogens with one attached hydrogen (secondary N) is 1. The van der Waals surface area contributed by atoms with Gasteiger partial charge in [-0.25, -0.2) is 4.79 Å². The van der Waals surface area contributed by atoms with Gasteiger partial charge in [-0.2, -0.15) is 0 Å². The van der Waals surface area contributed by atoms with Crippen molar-refractivity contribution in [1.29, 1.82) is 0 Å². The van der Waals surface area contributed by atoms with Crippen LogP contribution >= 0.6 is 24.0 Å². The Labute approximate surface area is 177 Å². The summed E-state index contributed by atoms with van der Waals surface area (Å²) in [6.45, 7) is 1.83. The second-order valence-electron chi connectivity index (χ2n) is 6.30. The summed E-state index contributed by atoms with van der Waals surface area (Å²) in [5, 5.41) is 11.6. The first-order valence-corrected chi connectivity index (χ1v) is 10.1. The maximum Gasteiger partial charge on any atom is 0.335 e. The average Bonchev–Trinajstić information content (AvgIpc) is 2.96. The Morgan fingerprint density at radius 1 is 1.21 bits per heavy atom. The minimum absolute atomic E-state index is 0.0606. The van der Waals surface area contributed by atoms with Gasteiger partial charge in [0.05, 0.1) is 10.5 Å². The van der Waals surface area contributed by atoms with Gasteiger partial charge >= 0.3 is 5.97 Å². The Morgan fingerprint density at radius 3 is 2.59 bits per heavy atom. The summed E-state index contributed by atoms with van der Waals surface area (Å²) in [6, 6.07) is 13.8. The molecule has 6 nitrogen and oxygen atoms in total. The van der Waals surface area contributed by atoms with E-state index in [0.717, 1.165) is 23.7 Å². The number of carboxylic acids is 1. The summed E-state index contributed by atoms with van der Waals surface area (Å²) < 4.78 is 0.306. The van der Waals surface area contributed by atoms with E-state index >= 15 is 0 Å². The quantitative estimate of drug-likeness (QED) is 0.540. The molecule has 0 spiro atoms. The van der Waals surface area contributed by atoms with Crippen LogP contribution in [0.25, 0.3) is 6.08 Å². The van der Waals surface area contributed by atoms with Crippen LogP contribution in [0.1, 0.15) is 28.4 Å². The van der Waals surface area contributed by atoms with Crippen molar-refractivity contribution in [2.75, 3.05) is 11.9 Å². The Hall–Kier alpha value is -2.97. The number of amides is 2. The highest BCUT2D eigenvalue weighted by molar-refractivity contribution is 8.26. The fourth-order valence-electron chi connectivity index (χ4n) is 2.71. The van der Waals surface area contributed by atoms with Gasteiger partial charge in [0.25, 0.3) is 5.91 Å². The lowest BCUT2D eigenvalue weighted by Gasteiger charge is -2.14. The summed E-state index contributed by atoms with van der Waals surface area (Å²) in [4.78, 5) is 37.7. The van der Waals surface area contributed by atoms with Crippen LogP contribution in [-0.2, 0) is 16.0 Å². The van der Waals surface area contributed by atoms with Crippen molar-refractivity contribution < 1.29 is 19.5 Å². The van der Waals surface area contributed by atoms with Crippen LogP contribution in [0.3, 0.4) is 0 Å². The van der Waals surface area contributed by atoms with E-state index in [2.05, 4.69) is 12.2 Å². The minimum atomic E-state index is -1.09. The standard InChI is InChI=1S/C21H18N2O4S2/c1-2-13-6-8-14(9-7-13)10-17-19(25)23(21(28)29-17)12-18(24)22-16-5-3-4-15(11-16)20(26)27/h3-11H,2,12H2,1H3,(H,22,24)(H,26,27)/b17-10+. The topological polar surface area (TPSA) is 86.7 Å². The van der Waals surface area contributed by atoms with Crippen molar-refractivity contribution in [2.45, 2.75) is 13.3 Å². The molecule has 0 atom stereocenters. The second-order valence-corrected chi connectivity index (χ2v) is 7.97. The van der Waals surface area contributed by atoms with Gasteiger partial charge in [-0.05, 0) is 41.8 Å². The van der Waals surface area contributed by atoms with Crippen LogP contribution in [0, 0.1) is 0 Å². The van der Waals surface area contributed by atoms with Crippen molar-refractivity contribution >= 4 is 57.8 Å². The van der Waals surface area contributed by atoms with Gasteiger partial charge in [0.15, 0.2) is 0 Å². The lowest BCUT2D eigenvalue weighted by molar-refractivity contribution is -0.126. The molecule has 1 fully saturated rings. The Bertz CT molecular complexity index is 1020. The molecule has 0 bridgehead atoms. The largest absolute Gasteiger partial charge is 0.478 e. The van der Waals surface area contributed by atoms with Crippen LogP contribution in [0.4, 0.5) is 5.69 Å². The molecular formula is C21H18N2O4S2. The molecule has 2 aromatic carbocycles. The molecule has 3 rings (SSSR count). The van der Waals surface area contributed by atoms with Gasteiger partial charge in [0.1, 0.15) is 10.9 Å². The minimum Gasteiger partial charge on any atom is -0.478 e. The van der Waals surface area contributed by atoms with Crippen molar-refractivity contribution in [2.24, 2.45) is 0 Å². The third-order valence-corrected chi connectivity index (χ3v) is 5.63. The number of carbonyl (C=O) groups is 3. The Kier molecular flexibility index (Phi) is 6.46. The number of benzene rings is 2. The van der Waals surface area contributed by atoms with Crippen molar-refractivity contribution in [1.82, 2.24) is 4.90 Å². The van der Waals surface area contributed by atoms with E-state index in [0.29, 0.717) is 14.9 Å². The number of hydrogen-bond acceptors (Lipinski definition) is 5. The van der Waals surface area contributed by atoms with Crippen LogP contribution in [0.5, 0.6) is 0 Å². The first-order valence-electron chi connectivity index (χ1n) is 8.85. The number of thiocarbonyl (C=S) groups is 1. The zero-order chi connectivity index (χ0) is 21.0. The maximum absolute atomic E-state index is 12.7. The molecule has 0 saturated carbocycles. The number of nitrogens with zero attached hydrogens (tertiary/aromatic N) is 1. The van der Waals surface area contributed by atoms with E-state index < -0.39 is 11.9 Å². The number of carboxylic acid groups (broad SMARTS) is 1. The second kappa shape index (κ2) is 9.02. The highest BCUT2D eigenvalue weighted by atomic mass is 32.2. The molecule has 0 unspecified atom stereocenters. The summed E-state index contributed by atoms with van der Waals surface area (Å²) in [7, 11) is 0. The smallest absolute Gasteiger partial charge is 0.335 e. The molecule has 8 heteroatoms. The van der Waals surface area contributed by atoms with Crippen LogP contribution in [-0.4, -0.2) is 38.7 Å². The maximum atomic E-state index is 12.7. The molecular weight excluding hydrogens is 408 g/mol. The number of anilines is 1. The molecule has 148 valence electrons. The molecule has 1 saturated heterocycles. The molecule has 0 aromatic heterocycles. The lowest BCUT2D eigenvalue weighted by atomic mass is 10.1. The SMILES string of the molecule is CCc1ccc(/C=C2/SC(=S)N(CC(=O)Nc3cccc(C(=O)O)c3)C2=O)cc1. The van der Waals surface area contributed by atoms with E-state index in [1.165, 1.54) is 28.7 Å². The zero-order valence-corrected chi connectivity index (χ0v) is 17.2. The molecule has 1 heterocycles. The Balaban J connectivity index is 1.68. The molecule has 2 aromatic rings. The Morgan fingerprint density at radius 2 is 1.93 bits per heavy atom. The molecule has 2 N–H and O–H groups in total. The summed E-state index contributed by atoms with van der Waals surface area (Å²) in [5.41, 5.74) is 2.49. The number of thioether (sulfide) groups is 1. The van der Waals surface area contributed by atoms with Gasteiger partial charge in [-0.1, -0.05) is 61.2 Å². The molecule has 0 radical (unpaired) electrons. The number of carbonyl (C=O) groups excluding carboxylic acids is 2. The molecule has 0 aliphatic carbocycles. The van der Waals surface area contributed by atoms with Crippen molar-refractivity contribution in [3.05, 3.63) is 70.1 Å². The third-order valence-electron chi connectivity index (χ3n) is 4.25. The van der Waals surface area contributed by atoms with E-state index in [1.54, 1.807) is 12.1 Å². The van der Waals surface area contributed by atoms with Gasteiger partial charge in [-0.15, -0.1) is 0 Å². The number of aromatic carboxylic acids is 1. The average molecular weight is 427 g/mol. The monoisotopic (exact) mass is 426 g/mol. The number of hydrogen-bond donors (Lipinski definition) is 2. The first-order chi connectivity index (χ1) is 13.9. The van der Waals surface area contributed by atoms with Crippen molar-refractivity contribution in [3.63, 3.8) is 0 Å². The fraction of sp³-hybridized carbons (Fsp3) is 0.143. The molecule has 1 aliphatic rings. The summed E-state index contributed by atoms with van der Waals surface area (Å²) in [6.07, 6.45) is 2.69. The van der Waals surface area contributed by atoms with E-state index in [1.807, 2.05) is 24.3 Å². The fourth-order valence-corrected chi connectivity index (χ4v) is 3.97. The van der Waals surface area contributed by atoms with Crippen LogP contribution in [0.15, 0.2) is 53.4 Å². The molecule has 2 amide bonds. The number of aryl methyl sites for hydroxylation is 1. The predicted molar refractivity (Wildman–Crippen MR) is 118 cm³/mol. The highest BCUT2D eigenvalue weighted by Crippen LogP contribution is 2.32. The molecule has 29 heavy (non-hydrogen) atoms. The zero-order valence-electron chi connectivity index (χ0n) is 15.5. The van der Waals surface area contributed by atoms with Gasteiger partial charge in [-0.3, -0.25) is 14.5 Å². The third kappa shape index (κ3) is 5.10. The van der Waals surface area contributed by atoms with Crippen molar-refractivity contribution in [3.8, 4) is 0 Å². The lowest BCUT2D eigenvalue weighted by Crippen LogP contribution is -2.36. The van der Waals surface area contributed by atoms with Gasteiger partial charge in [0, 0.05) is 5.69 Å². The van der Waals surface area contributed by atoms with E-state index in [-0.39, 0.29) is 18.0 Å². The number of rotatable bonds is 6. The summed E-state index contributed by atoms with van der Waals surface area (Å²) in [5.74, 6) is -1.87. The molecule has 1 aliphatic heterocycles. The van der Waals surface area contributed by atoms with E-state index in [4.69, 9.17) is 17.3 Å². The normalized spacial score (nSPS) is 15.1. The van der Waals surface area contributed by atoms with Gasteiger partial charge in [0.2, 0.25) is 5.91 Å². The van der Waals surface area contributed by atoms with Crippen LogP contribution in [0.2, 0.25) is 0 Å². The van der Waals surface area contributed by atoms with E-state index in [9.17, 15) is 14.4 Å². The highest BCUT2D eigenvalue weighted by Gasteiger charge is 2.33.